The highest BCUT2D eigenvalue weighted by atomic mass is 35.5. The maximum Gasteiger partial charge on any atom is 0.246 e. The van der Waals surface area contributed by atoms with Crippen molar-refractivity contribution in [1.82, 2.24) is 36.1 Å². The van der Waals surface area contributed by atoms with E-state index in [2.05, 4.69) is 36.5 Å². The van der Waals surface area contributed by atoms with Crippen LogP contribution in [0.2, 0.25) is 10.0 Å². The molecule has 4 aromatic rings. The number of amides is 6. The van der Waals surface area contributed by atoms with Gasteiger partial charge in [-0.2, -0.15) is 0 Å². The Morgan fingerprint density at radius 2 is 1.56 bits per heavy atom. The van der Waals surface area contributed by atoms with Gasteiger partial charge in [0.2, 0.25) is 35.4 Å². The number of benzene rings is 3. The summed E-state index contributed by atoms with van der Waals surface area (Å²) in [6.45, 7) is 11.1. The highest BCUT2D eigenvalue weighted by Gasteiger charge is 2.75. The number of hydrogen-bond donors (Lipinski definition) is 6. The van der Waals surface area contributed by atoms with Gasteiger partial charge in [-0.05, 0) is 111 Å². The predicted octanol–water partition coefficient (Wildman–Crippen LogP) is 8.13. The number of nitrogens with zero attached hydrogens (tertiary/aromatic N) is 3. The van der Waals surface area contributed by atoms with Crippen LogP contribution >= 0.6 is 34.5 Å². The van der Waals surface area contributed by atoms with E-state index in [-0.39, 0.29) is 87.5 Å². The van der Waals surface area contributed by atoms with E-state index in [1.54, 1.807) is 41.1 Å². The molecule has 6 atom stereocenters. The van der Waals surface area contributed by atoms with Crippen LogP contribution in [0, 0.1) is 23.6 Å². The van der Waals surface area contributed by atoms with Crippen LogP contribution in [-0.4, -0.2) is 150 Å². The molecule has 2 saturated heterocycles. The van der Waals surface area contributed by atoms with E-state index in [0.29, 0.717) is 75.2 Å². The van der Waals surface area contributed by atoms with Crippen LogP contribution in [0.5, 0.6) is 0 Å². The summed E-state index contributed by atoms with van der Waals surface area (Å²) in [6, 6.07) is 15.2. The molecule has 22 heteroatoms. The standard InChI is InChI=1S/C64H81Cl2FN8O10S/c1-6-75-52(50(44-11-10-12-46(66)51(44)67)64(63(75)19-8-7-9-20-63)45-18-17-42(65)33-47(45)71-59(64)82)56(79)73-62-24-21-61(22-25-62,23-26-62)58(81)68-27-28-83-29-30-84-31-32-85-37-49(77)72-54(60(3,4)5)57(80)74-36-43(76)34-48(74)55(78)69-35-40-13-15-41(16-14-40)53-39(2)70-38-86-53/h10-18,33,38,43,48,50,52,54,76H,6-9,19-32,34-37H2,1-5H3,(H,68,81)(H,69,78)(H,71,82)(H,72,77)(H,73,79)/t43-,48+,50+,52-,54?,61?,62?,64-/m1/s1. The number of β-amino-alcohol motifs (C(OH)–C–C–N with tert-alkyl or cyclic N) is 1. The number of nitrogens with one attached hydrogen (secondary N) is 5. The minimum absolute atomic E-state index is 0.0356. The molecular weight excluding hydrogens is 1160 g/mol. The van der Waals surface area contributed by atoms with Crippen molar-refractivity contribution in [2.75, 3.05) is 64.6 Å². The lowest BCUT2D eigenvalue weighted by Gasteiger charge is -2.53. The molecule has 6 fully saturated rings. The summed E-state index contributed by atoms with van der Waals surface area (Å²) in [6.07, 6.45) is 6.72. The minimum atomic E-state index is -1.33. The SMILES string of the molecule is CCN1[C@@H](C(=O)NC23CCC(C(=O)NCCOCCOCCOCC(=O)NC(C(=O)N4C[C@H](O)C[C@H]4C(=O)NCc4ccc(-c5scnc5C)cc4)C(C)(C)C)(CC2)CC3)[C@H](c2cccc(Cl)c2F)[C@]2(C(=O)Nc3cc(Cl)ccc32)C12CCCCC2. The second kappa shape index (κ2) is 26.2. The van der Waals surface area contributed by atoms with E-state index in [1.165, 1.54) is 11.0 Å². The quantitative estimate of drug-likeness (QED) is 0.0410. The molecule has 2 bridgehead atoms. The Balaban J connectivity index is 0.648. The summed E-state index contributed by atoms with van der Waals surface area (Å²) in [5.41, 5.74) is 2.19. The highest BCUT2D eigenvalue weighted by Crippen LogP contribution is 2.67. The molecule has 11 rings (SSSR count). The van der Waals surface area contributed by atoms with Crippen LogP contribution < -0.4 is 26.6 Å². The van der Waals surface area contributed by atoms with E-state index >= 15 is 14.0 Å². The molecule has 86 heavy (non-hydrogen) atoms. The van der Waals surface area contributed by atoms with E-state index < -0.39 is 81.0 Å². The maximum atomic E-state index is 16.7. The number of aryl methyl sites for hydroxylation is 1. The average molecular weight is 1240 g/mol. The number of likely N-dealkylation sites (tertiary alicyclic amines) is 2. The molecule has 3 aromatic carbocycles. The number of carbonyl (C=O) groups is 6. The summed E-state index contributed by atoms with van der Waals surface area (Å²) in [5, 5.41) is 26.5. The van der Waals surface area contributed by atoms with Gasteiger partial charge in [0.05, 0.1) is 66.3 Å². The summed E-state index contributed by atoms with van der Waals surface area (Å²) >= 11 is 14.6. The second-order valence-electron chi connectivity index (χ2n) is 25.4. The van der Waals surface area contributed by atoms with E-state index in [4.69, 9.17) is 37.4 Å². The van der Waals surface area contributed by atoms with Crippen molar-refractivity contribution in [3.05, 3.63) is 104 Å². The molecule has 6 amide bonds. The van der Waals surface area contributed by atoms with Crippen LogP contribution in [0.4, 0.5) is 10.1 Å². The summed E-state index contributed by atoms with van der Waals surface area (Å²) in [5.74, 6) is -3.48. The third-order valence-corrected chi connectivity index (χ3v) is 20.9. The van der Waals surface area contributed by atoms with E-state index in [1.807, 2.05) is 65.0 Å². The highest BCUT2D eigenvalue weighted by molar-refractivity contribution is 7.13. The van der Waals surface area contributed by atoms with Gasteiger partial charge in [-0.1, -0.05) is 113 Å². The van der Waals surface area contributed by atoms with Crippen LogP contribution in [0.15, 0.2) is 66.2 Å². The number of fused-ring (bicyclic) bond motifs is 6. The Labute approximate surface area is 516 Å². The van der Waals surface area contributed by atoms with Gasteiger partial charge in [-0.3, -0.25) is 33.7 Å². The van der Waals surface area contributed by atoms with Crippen molar-refractivity contribution < 1.29 is 52.5 Å². The monoisotopic (exact) mass is 1240 g/mol. The first-order valence-corrected chi connectivity index (χ1v) is 32.0. The number of rotatable bonds is 22. The number of aliphatic hydroxyl groups excluding tert-OH is 1. The fraction of sp³-hybridized carbons (Fsp3) is 0.578. The van der Waals surface area contributed by atoms with Gasteiger partial charge in [0.1, 0.15) is 29.9 Å². The van der Waals surface area contributed by atoms with Crippen molar-refractivity contribution in [3.63, 3.8) is 0 Å². The molecule has 1 unspecified atom stereocenters. The Hall–Kier alpha value is -5.58. The third kappa shape index (κ3) is 12.3. The molecule has 4 heterocycles. The van der Waals surface area contributed by atoms with Crippen molar-refractivity contribution >= 4 is 75.7 Å². The van der Waals surface area contributed by atoms with Gasteiger partial charge in [0.15, 0.2) is 0 Å². The smallest absolute Gasteiger partial charge is 0.246 e. The number of likely N-dealkylation sites (N-methyl/N-ethyl adjacent to an activating group) is 1. The predicted molar refractivity (Wildman–Crippen MR) is 326 cm³/mol. The first-order chi connectivity index (χ1) is 41.2. The van der Waals surface area contributed by atoms with E-state index in [9.17, 15) is 24.3 Å². The van der Waals surface area contributed by atoms with Gasteiger partial charge in [-0.25, -0.2) is 9.37 Å². The molecule has 18 nitrogen and oxygen atoms in total. The number of thiazole rings is 1. The fourth-order valence-corrected chi connectivity index (χ4v) is 16.3. The number of aromatic nitrogens is 1. The van der Waals surface area contributed by atoms with E-state index in [0.717, 1.165) is 46.5 Å². The lowest BCUT2D eigenvalue weighted by atomic mass is 9.55. The Morgan fingerprint density at radius 3 is 2.22 bits per heavy atom. The summed E-state index contributed by atoms with van der Waals surface area (Å²) in [4.78, 5) is 94.0. The number of halogens is 3. The minimum Gasteiger partial charge on any atom is -0.391 e. The fourth-order valence-electron chi connectivity index (χ4n) is 15.1. The normalized spacial score (nSPS) is 26.2. The lowest BCUT2D eigenvalue weighted by molar-refractivity contribution is -0.144. The topological polar surface area (TPSA) is 230 Å². The molecule has 4 saturated carbocycles. The number of ether oxygens (including phenoxy) is 3. The molecule has 7 aliphatic rings. The zero-order valence-corrected chi connectivity index (χ0v) is 52.1. The summed E-state index contributed by atoms with van der Waals surface area (Å²) < 4.78 is 33.7. The third-order valence-electron chi connectivity index (χ3n) is 19.4. The van der Waals surface area contributed by atoms with Crippen molar-refractivity contribution in [3.8, 4) is 10.4 Å². The largest absolute Gasteiger partial charge is 0.391 e. The van der Waals surface area contributed by atoms with Crippen LogP contribution in [0.3, 0.4) is 0 Å². The molecule has 3 aliphatic heterocycles. The zero-order valence-electron chi connectivity index (χ0n) is 49.8. The molecule has 0 radical (unpaired) electrons. The van der Waals surface area contributed by atoms with Crippen molar-refractivity contribution in [1.29, 1.82) is 0 Å². The molecule has 4 aliphatic carbocycles. The van der Waals surface area contributed by atoms with Gasteiger partial charge in [0, 0.05) is 59.2 Å². The molecule has 464 valence electrons. The van der Waals surface area contributed by atoms with Crippen LogP contribution in [-0.2, 0) is 54.9 Å². The van der Waals surface area contributed by atoms with Gasteiger partial charge < -0.3 is 50.8 Å². The molecule has 1 aromatic heterocycles. The van der Waals surface area contributed by atoms with Gasteiger partial charge in [-0.15, -0.1) is 11.3 Å². The van der Waals surface area contributed by atoms with Gasteiger partial charge in [0.25, 0.3) is 0 Å². The number of carbonyl (C=O) groups excluding carboxylic acids is 6. The molecule has 6 N–H and O–H groups in total. The average Bonchev–Trinajstić information content (AvgIpc) is 1.49. The van der Waals surface area contributed by atoms with Crippen molar-refractivity contribution in [2.24, 2.45) is 10.8 Å². The number of aliphatic hydroxyl groups is 1. The van der Waals surface area contributed by atoms with Crippen LogP contribution in [0.1, 0.15) is 133 Å². The Kier molecular flexibility index (Phi) is 19.4. The zero-order chi connectivity index (χ0) is 61.2. The molecule has 2 spiro atoms. The van der Waals surface area contributed by atoms with Crippen LogP contribution in [0.25, 0.3) is 10.4 Å². The van der Waals surface area contributed by atoms with Crippen molar-refractivity contribution in [2.45, 2.75) is 165 Å². The molecular formula is C64H81Cl2FN8O10S. The first-order valence-electron chi connectivity index (χ1n) is 30.4. The maximum absolute atomic E-state index is 16.7. The number of hydrogen-bond acceptors (Lipinski definition) is 13. The lowest BCUT2D eigenvalue weighted by Crippen LogP contribution is -2.63. The number of anilines is 1. The Morgan fingerprint density at radius 1 is 0.872 bits per heavy atom. The van der Waals surface area contributed by atoms with Gasteiger partial charge >= 0.3 is 0 Å². The first kappa shape index (κ1) is 63.4. The second-order valence-corrected chi connectivity index (χ2v) is 27.1. The Bertz CT molecular complexity index is 3150. The summed E-state index contributed by atoms with van der Waals surface area (Å²) in [7, 11) is 0.